The lowest BCUT2D eigenvalue weighted by atomic mass is 10.2. The smallest absolute Gasteiger partial charge is 0.344 e. The van der Waals surface area contributed by atoms with Gasteiger partial charge >= 0.3 is 9.33 Å². The molecule has 0 aromatic heterocycles. The number of rotatable bonds is 16. The number of benzene rings is 6. The average Bonchev–Trinajstić information content (AvgIpc) is 0.940. The summed E-state index contributed by atoms with van der Waals surface area (Å²) in [7, 11) is 5.94. The molecule has 0 radical (unpaired) electrons. The largest absolute Gasteiger partial charge is 0.353 e. The Morgan fingerprint density at radius 1 is 0.380 bits per heavy atom. The SMILES string of the molecule is C.CC(=O)N(C)Cc1ccc(S(=O)(=O)Cl)cc1.CC(=O)N(C)Cc1ccc(S(N)(=O)=O)cc1.CC(=O)N(C)Cc1cccc(S(=O)(=O)Cl)c1.CC(=O)N(C)Cc1cccc(S(N)(=O)=O)c1.CC(=O)N(C)Cc1ccccc1.CNCc1ccccc1.N.O=S(=O)(O)Cl. The molecule has 9 N–H and O–H groups in total. The summed E-state index contributed by atoms with van der Waals surface area (Å²) in [5.41, 5.74) is 5.64. The Kier molecular flexibility index (Phi) is 41.8. The molecule has 0 atom stereocenters. The van der Waals surface area contributed by atoms with Crippen molar-refractivity contribution in [2.75, 3.05) is 42.3 Å². The first-order valence-electron chi connectivity index (χ1n) is 26.1. The molecule has 6 aromatic carbocycles. The average molecular weight is 1440 g/mol. The third kappa shape index (κ3) is 41.5. The molecule has 0 aliphatic rings. The van der Waals surface area contributed by atoms with E-state index >= 15 is 0 Å². The van der Waals surface area contributed by atoms with E-state index in [0.717, 1.165) is 34.4 Å². The van der Waals surface area contributed by atoms with Crippen LogP contribution in [-0.2, 0) is 111 Å². The van der Waals surface area contributed by atoms with E-state index in [1.54, 1.807) is 95.6 Å². The number of nitrogens with two attached hydrogens (primary N) is 2. The van der Waals surface area contributed by atoms with Crippen LogP contribution in [0.4, 0.5) is 0 Å². The minimum atomic E-state index is -4.19. The van der Waals surface area contributed by atoms with Gasteiger partial charge in [-0.25, -0.2) is 43.9 Å². The molecular formula is C59H84Cl3N9O16S5. The van der Waals surface area contributed by atoms with E-state index in [-0.39, 0.29) is 62.7 Å². The molecule has 0 aliphatic carbocycles. The highest BCUT2D eigenvalue weighted by Crippen LogP contribution is 2.18. The van der Waals surface area contributed by atoms with Gasteiger partial charge in [0.25, 0.3) is 18.1 Å². The Labute approximate surface area is 556 Å². The predicted octanol–water partition coefficient (Wildman–Crippen LogP) is 7.71. The van der Waals surface area contributed by atoms with Gasteiger partial charge in [-0.15, -0.1) is 0 Å². The molecule has 6 aromatic rings. The van der Waals surface area contributed by atoms with E-state index in [1.165, 1.54) is 101 Å². The standard InChI is InChI=1S/2C10H12ClNO3S.2C10H14N2O3S.C10H13NO.C8H11N.CH4.ClHO3S.H3N/c1-8(13)12(2)7-9-3-5-10(6-4-9)16(11,14)15;1-8(13)12(2)7-9-4-3-5-10(6-9)16(11,14)15;1-8(13)12(2)7-9-3-5-10(6-4-9)16(11,14)15;1-8(13)12(2)7-9-4-3-5-10(6-9)16(11,14)15;1-9(12)11(2)8-10-6-4-3-5-7-10;1-9-7-8-5-3-2-4-6-8;;1-5(2,3)4;/h2*3-6H,7H2,1-2H3;2*3-6H,7H2,1-2H3,(H2,11,14,15);3-7H,8H2,1-2H3;2-6,9H,7H2,1H3;1H4;(H,2,3,4);1H3. The van der Waals surface area contributed by atoms with Crippen LogP contribution < -0.4 is 21.7 Å². The van der Waals surface area contributed by atoms with Crippen LogP contribution in [0.25, 0.3) is 0 Å². The molecule has 512 valence electrons. The molecule has 0 unspecified atom stereocenters. The van der Waals surface area contributed by atoms with Gasteiger partial charge in [0.05, 0.1) is 19.6 Å². The first kappa shape index (κ1) is 89.3. The van der Waals surface area contributed by atoms with Gasteiger partial charge in [0, 0.05) is 141 Å². The van der Waals surface area contributed by atoms with Crippen LogP contribution in [0.5, 0.6) is 0 Å². The van der Waals surface area contributed by atoms with E-state index < -0.39 is 47.5 Å². The summed E-state index contributed by atoms with van der Waals surface area (Å²) in [5.74, 6) is -0.163. The fraction of sp³-hybridized carbons (Fsp3) is 0.305. The summed E-state index contributed by atoms with van der Waals surface area (Å²) in [6.07, 6.45) is 0. The minimum absolute atomic E-state index is 0. The van der Waals surface area contributed by atoms with E-state index in [4.69, 9.17) is 44.6 Å². The molecule has 33 heteroatoms. The van der Waals surface area contributed by atoms with Crippen molar-refractivity contribution in [2.24, 2.45) is 10.3 Å². The monoisotopic (exact) mass is 1440 g/mol. The summed E-state index contributed by atoms with van der Waals surface area (Å²) in [4.78, 5) is 62.8. The van der Waals surface area contributed by atoms with Gasteiger partial charge in [0.15, 0.2) is 0 Å². The third-order valence-corrected chi connectivity index (χ3v) is 16.3. The molecule has 0 saturated carbocycles. The van der Waals surface area contributed by atoms with Crippen molar-refractivity contribution >= 4 is 109 Å². The quantitative estimate of drug-likeness (QED) is 0.0457. The number of carbonyl (C=O) groups is 5. The van der Waals surface area contributed by atoms with Gasteiger partial charge in [-0.3, -0.25) is 28.5 Å². The van der Waals surface area contributed by atoms with Crippen molar-refractivity contribution in [3.8, 4) is 0 Å². The number of nitrogens with zero attached hydrogens (tertiary/aromatic N) is 5. The summed E-state index contributed by atoms with van der Waals surface area (Å²) in [6, 6.07) is 45.0. The van der Waals surface area contributed by atoms with E-state index in [0.29, 0.717) is 32.7 Å². The summed E-state index contributed by atoms with van der Waals surface area (Å²) < 4.78 is 113. The van der Waals surface area contributed by atoms with Crippen LogP contribution in [0.1, 0.15) is 75.4 Å². The van der Waals surface area contributed by atoms with Crippen LogP contribution in [-0.4, -0.2) is 143 Å². The van der Waals surface area contributed by atoms with E-state index in [2.05, 4.69) is 28.1 Å². The number of nitrogens with one attached hydrogen (secondary N) is 1. The number of hydrogen-bond acceptors (Lipinski definition) is 17. The lowest BCUT2D eigenvalue weighted by Gasteiger charge is -2.14. The van der Waals surface area contributed by atoms with Crippen molar-refractivity contribution in [1.82, 2.24) is 36.0 Å². The second kappa shape index (κ2) is 43.1. The predicted molar refractivity (Wildman–Crippen MR) is 360 cm³/mol. The molecule has 0 saturated heterocycles. The summed E-state index contributed by atoms with van der Waals surface area (Å²) >= 11 is 0. The van der Waals surface area contributed by atoms with Crippen molar-refractivity contribution in [3.63, 3.8) is 0 Å². The maximum Gasteiger partial charge on any atom is 0.353 e. The van der Waals surface area contributed by atoms with Crippen molar-refractivity contribution in [3.05, 3.63) is 191 Å². The first-order valence-corrected chi connectivity index (χ1v) is 36.1. The van der Waals surface area contributed by atoms with E-state index in [1.807, 2.05) is 55.6 Å². The van der Waals surface area contributed by atoms with Gasteiger partial charge < -0.3 is 36.0 Å². The van der Waals surface area contributed by atoms with Crippen LogP contribution in [0.3, 0.4) is 0 Å². The van der Waals surface area contributed by atoms with Crippen LogP contribution in [0.15, 0.2) is 177 Å². The van der Waals surface area contributed by atoms with Gasteiger partial charge in [-0.1, -0.05) is 117 Å². The Morgan fingerprint density at radius 3 is 0.891 bits per heavy atom. The van der Waals surface area contributed by atoms with Crippen LogP contribution in [0, 0.1) is 0 Å². The number of carbonyl (C=O) groups excluding carboxylic acids is 5. The molecule has 0 fully saturated rings. The van der Waals surface area contributed by atoms with Crippen LogP contribution in [0.2, 0.25) is 0 Å². The zero-order chi connectivity index (χ0) is 69.4. The Morgan fingerprint density at radius 2 is 0.620 bits per heavy atom. The van der Waals surface area contributed by atoms with Crippen molar-refractivity contribution in [2.45, 2.75) is 101 Å². The molecular weight excluding hydrogens is 1360 g/mol. The molecule has 6 rings (SSSR count). The normalized spacial score (nSPS) is 10.6. The van der Waals surface area contributed by atoms with Gasteiger partial charge in [-0.2, -0.15) is 8.42 Å². The summed E-state index contributed by atoms with van der Waals surface area (Å²) in [5, 5.41) is 13.1. The molecule has 0 heterocycles. The topological polar surface area (TPSA) is 392 Å². The zero-order valence-corrected chi connectivity index (χ0v) is 58.4. The Hall–Kier alpha value is -6.91. The van der Waals surface area contributed by atoms with Crippen molar-refractivity contribution in [1.29, 1.82) is 0 Å². The summed E-state index contributed by atoms with van der Waals surface area (Å²) in [6.45, 7) is 10.7. The fourth-order valence-corrected chi connectivity index (χ4v) is 9.16. The van der Waals surface area contributed by atoms with Crippen molar-refractivity contribution < 1.29 is 70.6 Å². The van der Waals surface area contributed by atoms with Gasteiger partial charge in [0.2, 0.25) is 49.6 Å². The van der Waals surface area contributed by atoms with E-state index in [9.17, 15) is 57.6 Å². The highest BCUT2D eigenvalue weighted by atomic mass is 35.7. The molecule has 92 heavy (non-hydrogen) atoms. The molecule has 25 nitrogen and oxygen atoms in total. The molecule has 0 aliphatic heterocycles. The lowest BCUT2D eigenvalue weighted by Crippen LogP contribution is -2.23. The second-order valence-corrected chi connectivity index (χ2v) is 29.6. The van der Waals surface area contributed by atoms with Gasteiger partial charge in [-0.05, 0) is 89.0 Å². The maximum atomic E-state index is 11.1. The lowest BCUT2D eigenvalue weighted by molar-refractivity contribution is -0.128. The Balaban J connectivity index is -0.00000102. The number of halogens is 3. The first-order chi connectivity index (χ1) is 41.3. The van der Waals surface area contributed by atoms with Crippen LogP contribution >= 0.6 is 32.0 Å². The molecule has 0 spiro atoms. The highest BCUT2D eigenvalue weighted by molar-refractivity contribution is 8.14. The second-order valence-electron chi connectivity index (χ2n) is 19.3. The highest BCUT2D eigenvalue weighted by Gasteiger charge is 2.14. The third-order valence-electron chi connectivity index (χ3n) is 11.7. The molecule has 0 bridgehead atoms. The zero-order valence-electron chi connectivity index (χ0n) is 52.1. The Bertz CT molecular complexity index is 3650. The number of hydrogen-bond donors (Lipinski definition) is 5. The number of amides is 5. The minimum Gasteiger partial charge on any atom is -0.344 e. The fourth-order valence-electron chi connectivity index (χ4n) is 6.47. The van der Waals surface area contributed by atoms with Gasteiger partial charge in [0.1, 0.15) is 0 Å². The number of primary sulfonamides is 2. The molecule has 5 amide bonds. The maximum absolute atomic E-state index is 11.1. The number of sulfonamides is 2.